The highest BCUT2D eigenvalue weighted by molar-refractivity contribution is 5.45. The molecule has 0 saturated carbocycles. The second-order valence-corrected chi connectivity index (χ2v) is 4.75. The highest BCUT2D eigenvalue weighted by atomic mass is 15.1. The van der Waals surface area contributed by atoms with Gasteiger partial charge in [-0.2, -0.15) is 0 Å². The summed E-state index contributed by atoms with van der Waals surface area (Å²) in [4.78, 5) is 2.53. The van der Waals surface area contributed by atoms with E-state index in [-0.39, 0.29) is 0 Å². The van der Waals surface area contributed by atoms with Crippen molar-refractivity contribution >= 4 is 5.69 Å². The second kappa shape index (κ2) is 6.62. The molecule has 0 atom stereocenters. The zero-order chi connectivity index (χ0) is 11.9. The number of nitrogens with two attached hydrogens (primary N) is 1. The molecule has 1 aliphatic heterocycles. The molecule has 17 heavy (non-hydrogen) atoms. The first-order valence-electron chi connectivity index (χ1n) is 6.64. The van der Waals surface area contributed by atoms with Gasteiger partial charge in [-0.1, -0.05) is 12.1 Å². The van der Waals surface area contributed by atoms with E-state index in [4.69, 9.17) is 5.73 Å². The van der Waals surface area contributed by atoms with Crippen LogP contribution in [0.25, 0.3) is 0 Å². The lowest BCUT2D eigenvalue weighted by molar-refractivity contribution is 0.331. The summed E-state index contributed by atoms with van der Waals surface area (Å²) in [6.45, 7) is 5.31. The molecule has 0 aromatic heterocycles. The molecular weight excluding hydrogens is 210 g/mol. The normalized spacial score (nSPS) is 16.3. The molecule has 1 fully saturated rings. The number of nitrogens with one attached hydrogen (secondary N) is 1. The Morgan fingerprint density at radius 2 is 2.06 bits per heavy atom. The first-order valence-corrected chi connectivity index (χ1v) is 6.64. The highest BCUT2D eigenvalue weighted by Gasteiger charge is 2.11. The number of hydrogen-bond acceptors (Lipinski definition) is 3. The number of benzene rings is 1. The molecule has 0 spiro atoms. The Kier molecular flexibility index (Phi) is 4.83. The SMILES string of the molecule is NCCCNc1cccc(CN2CCCC2)c1. The van der Waals surface area contributed by atoms with Gasteiger partial charge in [0.25, 0.3) is 0 Å². The smallest absolute Gasteiger partial charge is 0.0343 e. The summed E-state index contributed by atoms with van der Waals surface area (Å²) in [5.41, 5.74) is 8.11. The van der Waals surface area contributed by atoms with E-state index in [1.54, 1.807) is 0 Å². The molecule has 3 nitrogen and oxygen atoms in total. The maximum atomic E-state index is 5.48. The molecule has 0 unspecified atom stereocenters. The molecule has 0 amide bonds. The Balaban J connectivity index is 1.86. The first kappa shape index (κ1) is 12.4. The van der Waals surface area contributed by atoms with Crippen molar-refractivity contribution in [3.05, 3.63) is 29.8 Å². The fourth-order valence-corrected chi connectivity index (χ4v) is 2.31. The molecule has 94 valence electrons. The van der Waals surface area contributed by atoms with Gasteiger partial charge < -0.3 is 11.1 Å². The van der Waals surface area contributed by atoms with Crippen LogP contribution in [0.3, 0.4) is 0 Å². The van der Waals surface area contributed by atoms with E-state index in [0.717, 1.165) is 26.1 Å². The summed E-state index contributed by atoms with van der Waals surface area (Å²) >= 11 is 0. The van der Waals surface area contributed by atoms with Crippen molar-refractivity contribution < 1.29 is 0 Å². The first-order chi connectivity index (χ1) is 8.38. The van der Waals surface area contributed by atoms with Crippen LogP contribution in [-0.4, -0.2) is 31.1 Å². The molecule has 0 bridgehead atoms. The maximum absolute atomic E-state index is 5.48. The lowest BCUT2D eigenvalue weighted by Gasteiger charge is -2.15. The Labute approximate surface area is 104 Å². The van der Waals surface area contributed by atoms with E-state index >= 15 is 0 Å². The largest absolute Gasteiger partial charge is 0.385 e. The molecule has 1 saturated heterocycles. The molecule has 0 radical (unpaired) electrons. The summed E-state index contributed by atoms with van der Waals surface area (Å²) in [6.07, 6.45) is 3.74. The summed E-state index contributed by atoms with van der Waals surface area (Å²) in [6, 6.07) is 8.74. The minimum atomic E-state index is 0.750. The van der Waals surface area contributed by atoms with E-state index in [1.165, 1.54) is 37.2 Å². The van der Waals surface area contributed by atoms with Gasteiger partial charge in [-0.05, 0) is 56.6 Å². The van der Waals surface area contributed by atoms with Crippen LogP contribution in [0.5, 0.6) is 0 Å². The van der Waals surface area contributed by atoms with Crippen molar-refractivity contribution in [2.24, 2.45) is 5.73 Å². The van der Waals surface area contributed by atoms with E-state index in [1.807, 2.05) is 0 Å². The average molecular weight is 233 g/mol. The molecule has 3 N–H and O–H groups in total. The summed E-state index contributed by atoms with van der Waals surface area (Å²) in [5, 5.41) is 3.41. The topological polar surface area (TPSA) is 41.3 Å². The van der Waals surface area contributed by atoms with Gasteiger partial charge in [-0.3, -0.25) is 4.90 Å². The average Bonchev–Trinajstić information content (AvgIpc) is 2.83. The number of hydrogen-bond donors (Lipinski definition) is 2. The van der Waals surface area contributed by atoms with Crippen molar-refractivity contribution in [1.82, 2.24) is 4.90 Å². The third kappa shape index (κ3) is 4.02. The van der Waals surface area contributed by atoms with Gasteiger partial charge in [0.1, 0.15) is 0 Å². The fraction of sp³-hybridized carbons (Fsp3) is 0.571. The summed E-state index contributed by atoms with van der Waals surface area (Å²) in [7, 11) is 0. The molecule has 0 aliphatic carbocycles. The van der Waals surface area contributed by atoms with Crippen LogP contribution >= 0.6 is 0 Å². The molecule has 1 heterocycles. The number of nitrogens with zero attached hydrogens (tertiary/aromatic N) is 1. The quantitative estimate of drug-likeness (QED) is 0.739. The minimum absolute atomic E-state index is 0.750. The summed E-state index contributed by atoms with van der Waals surface area (Å²) in [5.74, 6) is 0. The Morgan fingerprint density at radius 1 is 1.24 bits per heavy atom. The van der Waals surface area contributed by atoms with Crippen LogP contribution in [0.2, 0.25) is 0 Å². The van der Waals surface area contributed by atoms with Gasteiger partial charge >= 0.3 is 0 Å². The molecule has 1 aromatic rings. The zero-order valence-electron chi connectivity index (χ0n) is 10.5. The van der Waals surface area contributed by atoms with E-state index in [2.05, 4.69) is 34.5 Å². The Hall–Kier alpha value is -1.06. The van der Waals surface area contributed by atoms with Crippen LogP contribution < -0.4 is 11.1 Å². The van der Waals surface area contributed by atoms with Gasteiger partial charge in [-0.25, -0.2) is 0 Å². The Bertz CT molecular complexity index is 332. The molecule has 1 aliphatic rings. The second-order valence-electron chi connectivity index (χ2n) is 4.75. The number of likely N-dealkylation sites (tertiary alicyclic amines) is 1. The van der Waals surface area contributed by atoms with Crippen molar-refractivity contribution in [1.29, 1.82) is 0 Å². The van der Waals surface area contributed by atoms with Crippen LogP contribution in [0, 0.1) is 0 Å². The van der Waals surface area contributed by atoms with Crippen molar-refractivity contribution in [3.8, 4) is 0 Å². The lowest BCUT2D eigenvalue weighted by Crippen LogP contribution is -2.18. The van der Waals surface area contributed by atoms with Gasteiger partial charge in [0.15, 0.2) is 0 Å². The van der Waals surface area contributed by atoms with Gasteiger partial charge in [-0.15, -0.1) is 0 Å². The minimum Gasteiger partial charge on any atom is -0.385 e. The maximum Gasteiger partial charge on any atom is 0.0343 e. The van der Waals surface area contributed by atoms with Crippen molar-refractivity contribution in [2.75, 3.05) is 31.5 Å². The van der Waals surface area contributed by atoms with Crippen LogP contribution in [0.1, 0.15) is 24.8 Å². The van der Waals surface area contributed by atoms with E-state index in [0.29, 0.717) is 0 Å². The van der Waals surface area contributed by atoms with Gasteiger partial charge in [0.05, 0.1) is 0 Å². The van der Waals surface area contributed by atoms with E-state index < -0.39 is 0 Å². The predicted molar refractivity (Wildman–Crippen MR) is 73.1 cm³/mol. The summed E-state index contributed by atoms with van der Waals surface area (Å²) < 4.78 is 0. The van der Waals surface area contributed by atoms with Gasteiger partial charge in [0.2, 0.25) is 0 Å². The molecule has 3 heteroatoms. The molecule has 2 rings (SSSR count). The fourth-order valence-electron chi connectivity index (χ4n) is 2.31. The molecule has 1 aromatic carbocycles. The van der Waals surface area contributed by atoms with Crippen molar-refractivity contribution in [3.63, 3.8) is 0 Å². The Morgan fingerprint density at radius 3 is 2.82 bits per heavy atom. The van der Waals surface area contributed by atoms with Crippen LogP contribution in [0.4, 0.5) is 5.69 Å². The number of rotatable bonds is 6. The zero-order valence-corrected chi connectivity index (χ0v) is 10.5. The van der Waals surface area contributed by atoms with E-state index in [9.17, 15) is 0 Å². The lowest BCUT2D eigenvalue weighted by atomic mass is 10.2. The highest BCUT2D eigenvalue weighted by Crippen LogP contribution is 2.15. The van der Waals surface area contributed by atoms with Crippen LogP contribution in [-0.2, 0) is 6.54 Å². The van der Waals surface area contributed by atoms with Crippen LogP contribution in [0.15, 0.2) is 24.3 Å². The van der Waals surface area contributed by atoms with Crippen molar-refractivity contribution in [2.45, 2.75) is 25.8 Å². The third-order valence-electron chi connectivity index (χ3n) is 3.24. The molecular formula is C14H23N3. The predicted octanol–water partition coefficient (Wildman–Crippen LogP) is 2.04. The standard InChI is InChI=1S/C14H23N3/c15-7-4-8-16-14-6-3-5-13(11-14)12-17-9-1-2-10-17/h3,5-6,11,16H,1-2,4,7-10,12,15H2. The van der Waals surface area contributed by atoms with Gasteiger partial charge in [0, 0.05) is 18.8 Å². The monoisotopic (exact) mass is 233 g/mol. The number of anilines is 1. The third-order valence-corrected chi connectivity index (χ3v) is 3.24.